The standard InChI is InChI=1S/C15H27N3O2/c1-12-7-5-6-10-18(12)11-14(19)17-15(20)16-13-8-3-2-4-9-13/h12-13H,2-11H2,1H3,(H2,16,17,19,20). The summed E-state index contributed by atoms with van der Waals surface area (Å²) in [5, 5.41) is 5.37. The van der Waals surface area contributed by atoms with E-state index in [0.717, 1.165) is 32.2 Å². The zero-order valence-corrected chi connectivity index (χ0v) is 12.5. The van der Waals surface area contributed by atoms with E-state index >= 15 is 0 Å². The van der Waals surface area contributed by atoms with Crippen LogP contribution in [-0.2, 0) is 4.79 Å². The molecule has 2 aliphatic rings. The van der Waals surface area contributed by atoms with Gasteiger partial charge in [0.05, 0.1) is 6.54 Å². The number of hydrogen-bond donors (Lipinski definition) is 2. The largest absolute Gasteiger partial charge is 0.335 e. The Hall–Kier alpha value is -1.10. The minimum absolute atomic E-state index is 0.188. The van der Waals surface area contributed by atoms with Crippen LogP contribution in [0, 0.1) is 0 Å². The van der Waals surface area contributed by atoms with Crippen molar-refractivity contribution < 1.29 is 9.59 Å². The fourth-order valence-electron chi connectivity index (χ4n) is 3.21. The molecule has 114 valence electrons. The van der Waals surface area contributed by atoms with E-state index in [1.54, 1.807) is 0 Å². The number of carbonyl (C=O) groups excluding carboxylic acids is 2. The van der Waals surface area contributed by atoms with Crippen LogP contribution in [0.25, 0.3) is 0 Å². The molecule has 0 aromatic rings. The zero-order chi connectivity index (χ0) is 14.4. The number of imide groups is 1. The molecule has 1 aliphatic carbocycles. The Morgan fingerprint density at radius 3 is 2.45 bits per heavy atom. The molecule has 1 saturated heterocycles. The monoisotopic (exact) mass is 281 g/mol. The second-order valence-electron chi connectivity index (χ2n) is 6.17. The SMILES string of the molecule is CC1CCCCN1CC(=O)NC(=O)NC1CCCCC1. The van der Waals surface area contributed by atoms with Crippen LogP contribution in [0.15, 0.2) is 0 Å². The predicted molar refractivity (Wildman–Crippen MR) is 78.4 cm³/mol. The molecule has 5 heteroatoms. The summed E-state index contributed by atoms with van der Waals surface area (Å²) in [6, 6.07) is 0.355. The van der Waals surface area contributed by atoms with Gasteiger partial charge in [0.2, 0.25) is 5.91 Å². The van der Waals surface area contributed by atoms with Gasteiger partial charge in [0.25, 0.3) is 0 Å². The third-order valence-electron chi connectivity index (χ3n) is 4.48. The van der Waals surface area contributed by atoms with E-state index in [4.69, 9.17) is 0 Å². The lowest BCUT2D eigenvalue weighted by atomic mass is 9.96. The Kier molecular flexibility index (Phi) is 5.83. The highest BCUT2D eigenvalue weighted by Gasteiger charge is 2.22. The summed E-state index contributed by atoms with van der Waals surface area (Å²) in [6.07, 6.45) is 9.18. The molecule has 0 spiro atoms. The highest BCUT2D eigenvalue weighted by molar-refractivity contribution is 5.95. The van der Waals surface area contributed by atoms with Gasteiger partial charge in [-0.15, -0.1) is 0 Å². The van der Waals surface area contributed by atoms with Crippen molar-refractivity contribution in [3.05, 3.63) is 0 Å². The summed E-state index contributed by atoms with van der Waals surface area (Å²) >= 11 is 0. The molecule has 1 heterocycles. The molecular formula is C15H27N3O2. The van der Waals surface area contributed by atoms with E-state index in [2.05, 4.69) is 22.5 Å². The van der Waals surface area contributed by atoms with Crippen LogP contribution >= 0.6 is 0 Å². The smallest absolute Gasteiger partial charge is 0.321 e. The minimum Gasteiger partial charge on any atom is -0.335 e. The molecule has 2 rings (SSSR count). The first-order valence-electron chi connectivity index (χ1n) is 7.99. The van der Waals surface area contributed by atoms with Gasteiger partial charge in [0.15, 0.2) is 0 Å². The number of urea groups is 1. The number of carbonyl (C=O) groups is 2. The van der Waals surface area contributed by atoms with E-state index < -0.39 is 0 Å². The highest BCUT2D eigenvalue weighted by atomic mass is 16.2. The lowest BCUT2D eigenvalue weighted by molar-refractivity contribution is -0.122. The van der Waals surface area contributed by atoms with Crippen LogP contribution in [0.4, 0.5) is 4.79 Å². The molecule has 2 N–H and O–H groups in total. The van der Waals surface area contributed by atoms with Gasteiger partial charge in [-0.1, -0.05) is 25.7 Å². The summed E-state index contributed by atoms with van der Waals surface area (Å²) < 4.78 is 0. The van der Waals surface area contributed by atoms with Gasteiger partial charge in [-0.05, 0) is 39.2 Å². The Balaban J connectivity index is 1.68. The Labute approximate surface area is 121 Å². The van der Waals surface area contributed by atoms with Gasteiger partial charge in [0, 0.05) is 12.1 Å². The number of rotatable bonds is 3. The maximum atomic E-state index is 11.9. The van der Waals surface area contributed by atoms with Crippen molar-refractivity contribution in [3.8, 4) is 0 Å². The van der Waals surface area contributed by atoms with Crippen LogP contribution < -0.4 is 10.6 Å². The normalized spacial score (nSPS) is 25.1. The average molecular weight is 281 g/mol. The molecule has 1 saturated carbocycles. The first-order chi connectivity index (χ1) is 9.65. The quantitative estimate of drug-likeness (QED) is 0.832. The molecule has 1 unspecified atom stereocenters. The predicted octanol–water partition coefficient (Wildman–Crippen LogP) is 2.02. The molecule has 20 heavy (non-hydrogen) atoms. The second-order valence-corrected chi connectivity index (χ2v) is 6.17. The van der Waals surface area contributed by atoms with Crippen LogP contribution in [0.5, 0.6) is 0 Å². The van der Waals surface area contributed by atoms with Crippen LogP contribution in [-0.4, -0.2) is 42.0 Å². The van der Waals surface area contributed by atoms with E-state index in [0.29, 0.717) is 12.6 Å². The van der Waals surface area contributed by atoms with E-state index in [1.807, 2.05) is 0 Å². The van der Waals surface area contributed by atoms with Crippen molar-refractivity contribution in [1.29, 1.82) is 0 Å². The number of nitrogens with zero attached hydrogens (tertiary/aromatic N) is 1. The zero-order valence-electron chi connectivity index (χ0n) is 12.5. The topological polar surface area (TPSA) is 61.4 Å². The summed E-state index contributed by atoms with van der Waals surface area (Å²) in [5.41, 5.74) is 0. The Morgan fingerprint density at radius 1 is 1.05 bits per heavy atom. The lowest BCUT2D eigenvalue weighted by Gasteiger charge is -2.32. The first-order valence-corrected chi connectivity index (χ1v) is 7.99. The maximum absolute atomic E-state index is 11.9. The summed E-state index contributed by atoms with van der Waals surface area (Å²) in [5.74, 6) is -0.188. The highest BCUT2D eigenvalue weighted by Crippen LogP contribution is 2.17. The van der Waals surface area contributed by atoms with Crippen molar-refractivity contribution in [2.45, 2.75) is 70.4 Å². The van der Waals surface area contributed by atoms with Gasteiger partial charge in [-0.2, -0.15) is 0 Å². The van der Waals surface area contributed by atoms with E-state index in [1.165, 1.54) is 25.7 Å². The number of hydrogen-bond acceptors (Lipinski definition) is 3. The van der Waals surface area contributed by atoms with Crippen molar-refractivity contribution in [2.24, 2.45) is 0 Å². The third kappa shape index (κ3) is 4.78. The first kappa shape index (κ1) is 15.3. The molecule has 2 fully saturated rings. The van der Waals surface area contributed by atoms with Gasteiger partial charge in [0.1, 0.15) is 0 Å². The molecule has 3 amide bonds. The third-order valence-corrected chi connectivity index (χ3v) is 4.48. The number of amides is 3. The molecule has 0 aromatic heterocycles. The van der Waals surface area contributed by atoms with E-state index in [9.17, 15) is 9.59 Å². The average Bonchev–Trinajstić information content (AvgIpc) is 2.42. The second kappa shape index (κ2) is 7.62. The van der Waals surface area contributed by atoms with Gasteiger partial charge < -0.3 is 5.32 Å². The van der Waals surface area contributed by atoms with E-state index in [-0.39, 0.29) is 18.0 Å². The number of likely N-dealkylation sites (tertiary alicyclic amines) is 1. The van der Waals surface area contributed by atoms with Crippen LogP contribution in [0.3, 0.4) is 0 Å². The Morgan fingerprint density at radius 2 is 1.75 bits per heavy atom. The summed E-state index contributed by atoms with van der Waals surface area (Å²) in [6.45, 7) is 3.44. The fraction of sp³-hybridized carbons (Fsp3) is 0.867. The number of nitrogens with one attached hydrogen (secondary N) is 2. The molecule has 1 aliphatic heterocycles. The maximum Gasteiger partial charge on any atom is 0.321 e. The Bertz CT molecular complexity index is 340. The van der Waals surface area contributed by atoms with Crippen LogP contribution in [0.2, 0.25) is 0 Å². The molecule has 0 radical (unpaired) electrons. The summed E-state index contributed by atoms with van der Waals surface area (Å²) in [7, 11) is 0. The molecule has 0 bridgehead atoms. The van der Waals surface area contributed by atoms with Crippen molar-refractivity contribution in [2.75, 3.05) is 13.1 Å². The number of piperidine rings is 1. The molecule has 0 aromatic carbocycles. The van der Waals surface area contributed by atoms with Crippen molar-refractivity contribution >= 4 is 11.9 Å². The van der Waals surface area contributed by atoms with Gasteiger partial charge >= 0.3 is 6.03 Å². The fourth-order valence-corrected chi connectivity index (χ4v) is 3.21. The van der Waals surface area contributed by atoms with Crippen molar-refractivity contribution in [3.63, 3.8) is 0 Å². The lowest BCUT2D eigenvalue weighted by Crippen LogP contribution is -2.50. The minimum atomic E-state index is -0.327. The van der Waals surface area contributed by atoms with Crippen molar-refractivity contribution in [1.82, 2.24) is 15.5 Å². The molecular weight excluding hydrogens is 254 g/mol. The van der Waals surface area contributed by atoms with Gasteiger partial charge in [-0.25, -0.2) is 4.79 Å². The molecule has 1 atom stereocenters. The van der Waals surface area contributed by atoms with Gasteiger partial charge in [-0.3, -0.25) is 15.0 Å². The molecule has 5 nitrogen and oxygen atoms in total. The van der Waals surface area contributed by atoms with Crippen LogP contribution in [0.1, 0.15) is 58.3 Å². The summed E-state index contributed by atoms with van der Waals surface area (Å²) in [4.78, 5) is 25.8.